The van der Waals surface area contributed by atoms with Crippen molar-refractivity contribution in [1.82, 2.24) is 4.90 Å². The summed E-state index contributed by atoms with van der Waals surface area (Å²) >= 11 is 5.74. The van der Waals surface area contributed by atoms with Gasteiger partial charge in [-0.3, -0.25) is 14.9 Å². The third-order valence-corrected chi connectivity index (χ3v) is 4.04. The smallest absolute Gasteiger partial charge is 0.289 e. The fourth-order valence-corrected chi connectivity index (χ4v) is 2.66. The van der Waals surface area contributed by atoms with E-state index in [4.69, 9.17) is 11.6 Å². The van der Waals surface area contributed by atoms with Gasteiger partial charge >= 0.3 is 0 Å². The summed E-state index contributed by atoms with van der Waals surface area (Å²) in [5.41, 5.74) is -0.118. The third kappa shape index (κ3) is 4.70. The van der Waals surface area contributed by atoms with Crippen LogP contribution in [0.3, 0.4) is 0 Å². The summed E-state index contributed by atoms with van der Waals surface area (Å²) in [4.78, 5) is 24.5. The summed E-state index contributed by atoms with van der Waals surface area (Å²) in [5, 5.41) is 22.6. The summed E-state index contributed by atoms with van der Waals surface area (Å²) in [6.07, 6.45) is 5.91. The zero-order valence-electron chi connectivity index (χ0n) is 13.0. The average Bonchev–Trinajstić information content (AvgIpc) is 2.82. The van der Waals surface area contributed by atoms with Crippen LogP contribution in [0.25, 0.3) is 0 Å². The van der Waals surface area contributed by atoms with Gasteiger partial charge in [-0.05, 0) is 25.0 Å². The molecule has 1 N–H and O–H groups in total. The number of nitrogens with zero attached hydrogens (tertiary/aromatic N) is 3. The van der Waals surface area contributed by atoms with Gasteiger partial charge in [0.05, 0.1) is 4.92 Å². The molecule has 1 aromatic rings. The second kappa shape index (κ2) is 8.31. The van der Waals surface area contributed by atoms with Crippen LogP contribution in [0.2, 0.25) is 5.02 Å². The second-order valence-electron chi connectivity index (χ2n) is 5.48. The van der Waals surface area contributed by atoms with Crippen LogP contribution >= 0.6 is 11.6 Å². The molecule has 2 rings (SSSR count). The van der Waals surface area contributed by atoms with E-state index in [1.807, 2.05) is 11.0 Å². The zero-order chi connectivity index (χ0) is 17.5. The lowest BCUT2D eigenvalue weighted by Gasteiger charge is -2.17. The highest BCUT2D eigenvalue weighted by Gasteiger charge is 2.16. The van der Waals surface area contributed by atoms with E-state index in [-0.39, 0.29) is 22.0 Å². The zero-order valence-corrected chi connectivity index (χ0v) is 13.8. The molecule has 0 atom stereocenters. The minimum absolute atomic E-state index is 0.0152. The quantitative estimate of drug-likeness (QED) is 0.388. The number of hydrogen-bond donors (Lipinski definition) is 1. The molecule has 0 aromatic heterocycles. The molecule has 24 heavy (non-hydrogen) atoms. The van der Waals surface area contributed by atoms with Gasteiger partial charge in [-0.25, -0.2) is 0 Å². The predicted octanol–water partition coefficient (Wildman–Crippen LogP) is 3.47. The van der Waals surface area contributed by atoms with Gasteiger partial charge in [-0.2, -0.15) is 5.26 Å². The summed E-state index contributed by atoms with van der Waals surface area (Å²) < 4.78 is 0. The van der Waals surface area contributed by atoms with Crippen molar-refractivity contribution in [3.63, 3.8) is 0 Å². The minimum atomic E-state index is -0.629. The Labute approximate surface area is 144 Å². The number of benzene rings is 1. The summed E-state index contributed by atoms with van der Waals surface area (Å²) in [6.45, 7) is 1.62. The lowest BCUT2D eigenvalue weighted by Crippen LogP contribution is -2.22. The maximum atomic E-state index is 12.2. The fraction of sp³-hybridized carbons (Fsp3) is 0.375. The van der Waals surface area contributed by atoms with Crippen LogP contribution < -0.4 is 5.32 Å². The highest BCUT2D eigenvalue weighted by molar-refractivity contribution is 6.32. The maximum absolute atomic E-state index is 12.2. The molecule has 126 valence electrons. The van der Waals surface area contributed by atoms with Gasteiger partial charge in [-0.1, -0.05) is 24.4 Å². The second-order valence-corrected chi connectivity index (χ2v) is 5.89. The summed E-state index contributed by atoms with van der Waals surface area (Å²) in [6, 6.07) is 5.84. The van der Waals surface area contributed by atoms with Crippen LogP contribution in [0.15, 0.2) is 30.0 Å². The molecule has 1 fully saturated rings. The number of nitriles is 1. The molecule has 1 saturated heterocycles. The van der Waals surface area contributed by atoms with Crippen molar-refractivity contribution in [2.45, 2.75) is 25.7 Å². The SMILES string of the molecule is N#C/C(=C/N1CCCCCC1)C(=O)Nc1ccc(Cl)c([N+](=O)[O-])c1. The number of rotatable bonds is 4. The minimum Gasteiger partial charge on any atom is -0.376 e. The molecule has 8 heteroatoms. The summed E-state index contributed by atoms with van der Waals surface area (Å²) in [5.74, 6) is -0.599. The van der Waals surface area contributed by atoms with Crippen molar-refractivity contribution in [3.05, 3.63) is 45.1 Å². The Balaban J connectivity index is 2.13. The standard InChI is InChI=1S/C16H17ClN4O3/c17-14-6-5-13(9-15(14)21(23)24)19-16(22)12(10-18)11-20-7-3-1-2-4-8-20/h5-6,9,11H,1-4,7-8H2,(H,19,22)/b12-11-. The largest absolute Gasteiger partial charge is 0.376 e. The number of amides is 1. The molecule has 0 saturated carbocycles. The topological polar surface area (TPSA) is 99.3 Å². The van der Waals surface area contributed by atoms with E-state index in [0.29, 0.717) is 0 Å². The highest BCUT2D eigenvalue weighted by Crippen LogP contribution is 2.27. The van der Waals surface area contributed by atoms with Gasteiger partial charge in [0.1, 0.15) is 16.7 Å². The van der Waals surface area contributed by atoms with Gasteiger partial charge in [0.25, 0.3) is 11.6 Å². The predicted molar refractivity (Wildman–Crippen MR) is 90.5 cm³/mol. The van der Waals surface area contributed by atoms with Gasteiger partial charge in [0, 0.05) is 31.0 Å². The first kappa shape index (κ1) is 17.8. The number of carbonyl (C=O) groups is 1. The maximum Gasteiger partial charge on any atom is 0.289 e. The molecule has 0 radical (unpaired) electrons. The molecule has 0 spiro atoms. The first-order valence-corrected chi connectivity index (χ1v) is 8.00. The van der Waals surface area contributed by atoms with Crippen molar-refractivity contribution >= 4 is 28.9 Å². The number of nitrogens with one attached hydrogen (secondary N) is 1. The van der Waals surface area contributed by atoms with Gasteiger partial charge in [0.15, 0.2) is 0 Å². The van der Waals surface area contributed by atoms with Crippen molar-refractivity contribution < 1.29 is 9.72 Å². The normalized spacial score (nSPS) is 15.3. The van der Waals surface area contributed by atoms with E-state index in [0.717, 1.165) is 38.8 Å². The number of anilines is 1. The van der Waals surface area contributed by atoms with Crippen LogP contribution in [0.5, 0.6) is 0 Å². The third-order valence-electron chi connectivity index (χ3n) is 3.72. The molecule has 1 aromatic carbocycles. The van der Waals surface area contributed by atoms with Crippen LogP contribution in [-0.4, -0.2) is 28.8 Å². The van der Waals surface area contributed by atoms with Crippen LogP contribution in [0, 0.1) is 21.4 Å². The van der Waals surface area contributed by atoms with E-state index in [1.165, 1.54) is 18.2 Å². The molecule has 1 aliphatic heterocycles. The van der Waals surface area contributed by atoms with E-state index < -0.39 is 10.8 Å². The Morgan fingerprint density at radius 1 is 1.33 bits per heavy atom. The number of hydrogen-bond acceptors (Lipinski definition) is 5. The van der Waals surface area contributed by atoms with Gasteiger partial charge in [-0.15, -0.1) is 0 Å². The molecule has 1 heterocycles. The Morgan fingerprint density at radius 2 is 2.00 bits per heavy atom. The molecule has 0 bridgehead atoms. The van der Waals surface area contributed by atoms with Gasteiger partial charge < -0.3 is 10.2 Å². The van der Waals surface area contributed by atoms with Crippen LogP contribution in [0.4, 0.5) is 11.4 Å². The molecule has 1 amide bonds. The number of halogens is 1. The molecule has 7 nitrogen and oxygen atoms in total. The molecule has 1 aliphatic rings. The number of carbonyl (C=O) groups excluding carboxylic acids is 1. The fourth-order valence-electron chi connectivity index (χ4n) is 2.47. The van der Waals surface area contributed by atoms with Crippen molar-refractivity contribution in [2.24, 2.45) is 0 Å². The molecule has 0 unspecified atom stereocenters. The molecular weight excluding hydrogens is 332 g/mol. The van der Waals surface area contributed by atoms with Crippen molar-refractivity contribution in [3.8, 4) is 6.07 Å². The molecular formula is C16H17ClN4O3. The van der Waals surface area contributed by atoms with E-state index in [1.54, 1.807) is 6.20 Å². The lowest BCUT2D eigenvalue weighted by molar-refractivity contribution is -0.384. The van der Waals surface area contributed by atoms with E-state index in [9.17, 15) is 20.2 Å². The van der Waals surface area contributed by atoms with Gasteiger partial charge in [0.2, 0.25) is 0 Å². The molecule has 0 aliphatic carbocycles. The van der Waals surface area contributed by atoms with Crippen molar-refractivity contribution in [2.75, 3.05) is 18.4 Å². The summed E-state index contributed by atoms with van der Waals surface area (Å²) in [7, 11) is 0. The number of nitro groups is 1. The number of nitro benzene ring substituents is 1. The van der Waals surface area contributed by atoms with E-state index >= 15 is 0 Å². The lowest BCUT2D eigenvalue weighted by atomic mass is 10.2. The first-order valence-electron chi connectivity index (χ1n) is 7.62. The Morgan fingerprint density at radius 3 is 2.58 bits per heavy atom. The van der Waals surface area contributed by atoms with Crippen LogP contribution in [-0.2, 0) is 4.79 Å². The number of likely N-dealkylation sites (tertiary alicyclic amines) is 1. The first-order chi connectivity index (χ1) is 11.5. The highest BCUT2D eigenvalue weighted by atomic mass is 35.5. The average molecular weight is 349 g/mol. The van der Waals surface area contributed by atoms with Crippen LogP contribution in [0.1, 0.15) is 25.7 Å². The Hall–Kier alpha value is -2.59. The van der Waals surface area contributed by atoms with E-state index in [2.05, 4.69) is 5.32 Å². The van der Waals surface area contributed by atoms with Crippen molar-refractivity contribution in [1.29, 1.82) is 5.26 Å². The monoisotopic (exact) mass is 348 g/mol. The Kier molecular flexibility index (Phi) is 6.15. The Bertz CT molecular complexity index is 704.